The average molecular weight is 446 g/mol. The van der Waals surface area contributed by atoms with Crippen LogP contribution in [0.3, 0.4) is 0 Å². The molecule has 5 nitrogen and oxygen atoms in total. The number of benzene rings is 2. The van der Waals surface area contributed by atoms with E-state index in [1.807, 2.05) is 0 Å². The number of halogens is 2. The van der Waals surface area contributed by atoms with Crippen molar-refractivity contribution >= 4 is 49.1 Å². The van der Waals surface area contributed by atoms with E-state index < -0.39 is 10.0 Å². The summed E-state index contributed by atoms with van der Waals surface area (Å²) in [5.41, 5.74) is 0.805. The van der Waals surface area contributed by atoms with Gasteiger partial charge in [-0.2, -0.15) is 4.31 Å². The molecule has 0 heterocycles. The van der Waals surface area contributed by atoms with Gasteiger partial charge in [0.15, 0.2) is 0 Å². The van der Waals surface area contributed by atoms with E-state index in [4.69, 9.17) is 11.6 Å². The summed E-state index contributed by atoms with van der Waals surface area (Å²) in [7, 11) is -2.02. The van der Waals surface area contributed by atoms with Crippen molar-refractivity contribution in [1.29, 1.82) is 0 Å². The Balaban J connectivity index is 2.21. The molecule has 0 aliphatic heterocycles. The molecule has 134 valence electrons. The van der Waals surface area contributed by atoms with Gasteiger partial charge in [-0.15, -0.1) is 0 Å². The molecule has 0 radical (unpaired) electrons. The molecular weight excluding hydrogens is 428 g/mol. The van der Waals surface area contributed by atoms with Gasteiger partial charge in [-0.3, -0.25) is 4.79 Å². The van der Waals surface area contributed by atoms with Crippen molar-refractivity contribution < 1.29 is 13.2 Å². The fraction of sp³-hybridized carbons (Fsp3) is 0.235. The van der Waals surface area contributed by atoms with Gasteiger partial charge in [0, 0.05) is 23.2 Å². The van der Waals surface area contributed by atoms with E-state index in [1.54, 1.807) is 44.2 Å². The summed E-state index contributed by atoms with van der Waals surface area (Å²) in [4.78, 5) is 12.5. The zero-order valence-electron chi connectivity index (χ0n) is 14.0. The highest BCUT2D eigenvalue weighted by atomic mass is 79.9. The molecule has 0 spiro atoms. The van der Waals surface area contributed by atoms with Crippen LogP contribution in [0.1, 0.15) is 24.2 Å². The summed E-state index contributed by atoms with van der Waals surface area (Å²) in [6.07, 6.45) is 0. The van der Waals surface area contributed by atoms with Crippen LogP contribution in [0.25, 0.3) is 0 Å². The first-order valence-corrected chi connectivity index (χ1v) is 10.1. The van der Waals surface area contributed by atoms with Crippen molar-refractivity contribution in [3.63, 3.8) is 0 Å². The molecule has 0 aromatic heterocycles. The number of amides is 1. The lowest BCUT2D eigenvalue weighted by Gasteiger charge is -2.21. The van der Waals surface area contributed by atoms with Crippen LogP contribution in [0, 0.1) is 0 Å². The van der Waals surface area contributed by atoms with Gasteiger partial charge in [-0.05, 0) is 56.3 Å². The highest BCUT2D eigenvalue weighted by Crippen LogP contribution is 2.23. The summed E-state index contributed by atoms with van der Waals surface area (Å²) < 4.78 is 26.9. The Hall–Kier alpha value is -1.41. The first kappa shape index (κ1) is 19.9. The molecule has 8 heteroatoms. The normalized spacial score (nSPS) is 11.8. The van der Waals surface area contributed by atoms with Crippen molar-refractivity contribution in [3.8, 4) is 0 Å². The maximum Gasteiger partial charge on any atom is 0.257 e. The third kappa shape index (κ3) is 4.61. The van der Waals surface area contributed by atoms with E-state index in [2.05, 4.69) is 21.2 Å². The van der Waals surface area contributed by atoms with Gasteiger partial charge in [0.05, 0.1) is 15.5 Å². The number of carbonyl (C=O) groups is 1. The second kappa shape index (κ2) is 7.86. The van der Waals surface area contributed by atoms with Crippen LogP contribution in [0.5, 0.6) is 0 Å². The molecule has 25 heavy (non-hydrogen) atoms. The SMILES string of the molecule is CC(C)N(C)S(=O)(=O)c1ccc(NC(=O)c2cc(Br)ccc2Cl)cc1. The van der Waals surface area contributed by atoms with Gasteiger partial charge < -0.3 is 5.32 Å². The molecule has 0 saturated carbocycles. The smallest absolute Gasteiger partial charge is 0.257 e. The summed E-state index contributed by atoms with van der Waals surface area (Å²) in [5, 5.41) is 3.04. The summed E-state index contributed by atoms with van der Waals surface area (Å²) in [6.45, 7) is 3.60. The number of anilines is 1. The Morgan fingerprint density at radius 3 is 2.32 bits per heavy atom. The summed E-state index contributed by atoms with van der Waals surface area (Å²) in [6, 6.07) is 10.9. The van der Waals surface area contributed by atoms with Crippen LogP contribution in [0.15, 0.2) is 51.8 Å². The first-order chi connectivity index (χ1) is 11.6. The Morgan fingerprint density at radius 1 is 1.16 bits per heavy atom. The molecule has 0 aliphatic carbocycles. The topological polar surface area (TPSA) is 66.5 Å². The predicted molar refractivity (Wildman–Crippen MR) is 104 cm³/mol. The number of rotatable bonds is 5. The van der Waals surface area contributed by atoms with Gasteiger partial charge in [-0.1, -0.05) is 27.5 Å². The minimum Gasteiger partial charge on any atom is -0.322 e. The quantitative estimate of drug-likeness (QED) is 0.742. The van der Waals surface area contributed by atoms with E-state index in [9.17, 15) is 13.2 Å². The highest BCUT2D eigenvalue weighted by Gasteiger charge is 2.23. The van der Waals surface area contributed by atoms with Crippen molar-refractivity contribution in [2.45, 2.75) is 24.8 Å². The molecule has 0 fully saturated rings. The Morgan fingerprint density at radius 2 is 1.76 bits per heavy atom. The lowest BCUT2D eigenvalue weighted by atomic mass is 10.2. The average Bonchev–Trinajstić information content (AvgIpc) is 2.56. The molecule has 2 aromatic rings. The van der Waals surface area contributed by atoms with Crippen LogP contribution in [0.2, 0.25) is 5.02 Å². The van der Waals surface area contributed by atoms with Crippen LogP contribution < -0.4 is 5.32 Å². The molecule has 1 N–H and O–H groups in total. The van der Waals surface area contributed by atoms with Crippen LogP contribution in [-0.2, 0) is 10.0 Å². The first-order valence-electron chi connectivity index (χ1n) is 7.47. The van der Waals surface area contributed by atoms with E-state index in [0.29, 0.717) is 16.3 Å². The van der Waals surface area contributed by atoms with Crippen molar-refractivity contribution in [2.24, 2.45) is 0 Å². The molecule has 0 bridgehead atoms. The Bertz CT molecular complexity index is 883. The number of nitrogens with one attached hydrogen (secondary N) is 1. The minimum atomic E-state index is -3.55. The number of hydrogen-bond acceptors (Lipinski definition) is 3. The maximum atomic E-state index is 12.4. The molecule has 0 saturated heterocycles. The third-order valence-corrected chi connectivity index (χ3v) is 6.56. The standard InChI is InChI=1S/C17H18BrClN2O3S/c1-11(2)21(3)25(23,24)14-7-5-13(6-8-14)20-17(22)15-10-12(18)4-9-16(15)19/h4-11H,1-3H3,(H,20,22). The zero-order chi connectivity index (χ0) is 18.8. The van der Waals surface area contributed by atoms with Gasteiger partial charge >= 0.3 is 0 Å². The molecule has 0 aliphatic rings. The van der Waals surface area contributed by atoms with E-state index in [0.717, 1.165) is 4.47 Å². The molecule has 1 amide bonds. The molecule has 0 unspecified atom stereocenters. The number of hydrogen-bond donors (Lipinski definition) is 1. The monoisotopic (exact) mass is 444 g/mol. The fourth-order valence-electron chi connectivity index (χ4n) is 2.02. The summed E-state index contributed by atoms with van der Waals surface area (Å²) in [5.74, 6) is -0.374. The Labute approximate surface area is 161 Å². The summed E-state index contributed by atoms with van der Waals surface area (Å²) >= 11 is 9.34. The predicted octanol–water partition coefficient (Wildman–Crippen LogP) is 4.38. The fourth-order valence-corrected chi connectivity index (χ4v) is 3.96. The minimum absolute atomic E-state index is 0.150. The molecule has 2 aromatic carbocycles. The lowest BCUT2D eigenvalue weighted by Crippen LogP contribution is -2.33. The zero-order valence-corrected chi connectivity index (χ0v) is 17.1. The number of carbonyl (C=O) groups excluding carboxylic acids is 1. The highest BCUT2D eigenvalue weighted by molar-refractivity contribution is 9.10. The van der Waals surface area contributed by atoms with Gasteiger partial charge in [0.25, 0.3) is 5.91 Å². The largest absolute Gasteiger partial charge is 0.322 e. The van der Waals surface area contributed by atoms with Crippen LogP contribution in [0.4, 0.5) is 5.69 Å². The van der Waals surface area contributed by atoms with E-state index >= 15 is 0 Å². The van der Waals surface area contributed by atoms with Crippen molar-refractivity contribution in [3.05, 3.63) is 57.5 Å². The van der Waals surface area contributed by atoms with Crippen LogP contribution >= 0.6 is 27.5 Å². The van der Waals surface area contributed by atoms with Crippen molar-refractivity contribution in [1.82, 2.24) is 4.31 Å². The second-order valence-corrected chi connectivity index (χ2v) is 9.04. The van der Waals surface area contributed by atoms with Crippen molar-refractivity contribution in [2.75, 3.05) is 12.4 Å². The Kier molecular flexibility index (Phi) is 6.26. The molecule has 2 rings (SSSR count). The molecule has 0 atom stereocenters. The maximum absolute atomic E-state index is 12.4. The number of sulfonamides is 1. The van der Waals surface area contributed by atoms with Gasteiger partial charge in [0.2, 0.25) is 10.0 Å². The third-order valence-electron chi connectivity index (χ3n) is 3.69. The van der Waals surface area contributed by atoms with Crippen LogP contribution in [-0.4, -0.2) is 31.7 Å². The van der Waals surface area contributed by atoms with Gasteiger partial charge in [0.1, 0.15) is 0 Å². The second-order valence-electron chi connectivity index (χ2n) is 5.72. The lowest BCUT2D eigenvalue weighted by molar-refractivity contribution is 0.102. The van der Waals surface area contributed by atoms with E-state index in [-0.39, 0.29) is 16.8 Å². The van der Waals surface area contributed by atoms with E-state index in [1.165, 1.54) is 23.5 Å². The molecular formula is C17H18BrClN2O3S. The van der Waals surface area contributed by atoms with Gasteiger partial charge in [-0.25, -0.2) is 8.42 Å². The number of nitrogens with zero attached hydrogens (tertiary/aromatic N) is 1.